The van der Waals surface area contributed by atoms with Crippen molar-refractivity contribution in [3.05, 3.63) is 28.7 Å². The third-order valence-electron chi connectivity index (χ3n) is 3.52. The number of amides is 1. The lowest BCUT2D eigenvalue weighted by Gasteiger charge is -2.15. The van der Waals surface area contributed by atoms with Crippen LogP contribution in [0.25, 0.3) is 0 Å². The van der Waals surface area contributed by atoms with Crippen LogP contribution >= 0.6 is 15.9 Å². The summed E-state index contributed by atoms with van der Waals surface area (Å²) in [5.74, 6) is 0.659. The summed E-state index contributed by atoms with van der Waals surface area (Å²) in [4.78, 5) is 16.0. The van der Waals surface area contributed by atoms with Gasteiger partial charge in [0.15, 0.2) is 5.96 Å². The van der Waals surface area contributed by atoms with E-state index >= 15 is 0 Å². The number of nitrogens with one attached hydrogen (secondary N) is 3. The van der Waals surface area contributed by atoms with Crippen molar-refractivity contribution >= 4 is 33.5 Å². The fraction of sp³-hybridized carbons (Fsp3) is 0.500. The van der Waals surface area contributed by atoms with Gasteiger partial charge in [0.2, 0.25) is 5.91 Å². The van der Waals surface area contributed by atoms with Crippen LogP contribution in [0, 0.1) is 0 Å². The molecule has 126 valence electrons. The van der Waals surface area contributed by atoms with E-state index in [9.17, 15) is 4.79 Å². The second kappa shape index (κ2) is 9.52. The van der Waals surface area contributed by atoms with Crippen molar-refractivity contribution in [2.24, 2.45) is 4.99 Å². The molecule has 3 N–H and O–H groups in total. The van der Waals surface area contributed by atoms with Crippen LogP contribution < -0.4 is 16.0 Å². The number of ether oxygens (including phenoxy) is 1. The number of rotatable bonds is 6. The van der Waals surface area contributed by atoms with E-state index in [1.54, 1.807) is 7.05 Å². The van der Waals surface area contributed by atoms with E-state index in [1.165, 1.54) is 0 Å². The molecule has 7 heteroatoms. The molecule has 0 saturated carbocycles. The van der Waals surface area contributed by atoms with Crippen molar-refractivity contribution in [2.75, 3.05) is 32.1 Å². The topological polar surface area (TPSA) is 74.8 Å². The molecule has 0 bridgehead atoms. The number of halogens is 1. The first kappa shape index (κ1) is 17.7. The maximum Gasteiger partial charge on any atom is 0.226 e. The minimum absolute atomic E-state index is 0.0330. The number of carbonyl (C=O) groups excluding carboxylic acids is 1. The number of carbonyl (C=O) groups is 1. The Kier molecular flexibility index (Phi) is 7.35. The predicted molar refractivity (Wildman–Crippen MR) is 95.7 cm³/mol. The van der Waals surface area contributed by atoms with E-state index in [4.69, 9.17) is 4.74 Å². The second-order valence-corrected chi connectivity index (χ2v) is 6.24. The molecule has 1 aromatic carbocycles. The molecule has 0 aromatic heterocycles. The number of aliphatic imine (C=N–C) groups is 1. The molecular formula is C16H23BrN4O2. The number of guanidine groups is 1. The SMILES string of the molecule is CN=C(NCCC(=O)Nc1ccc(Br)cc1)NCC1CCCO1. The van der Waals surface area contributed by atoms with E-state index in [2.05, 4.69) is 36.9 Å². The zero-order valence-corrected chi connectivity index (χ0v) is 14.9. The van der Waals surface area contributed by atoms with Gasteiger partial charge in [0.1, 0.15) is 0 Å². The minimum atomic E-state index is -0.0330. The lowest BCUT2D eigenvalue weighted by molar-refractivity contribution is -0.116. The van der Waals surface area contributed by atoms with Crippen molar-refractivity contribution in [2.45, 2.75) is 25.4 Å². The Balaban J connectivity index is 1.64. The van der Waals surface area contributed by atoms with Gasteiger partial charge in [-0.15, -0.1) is 0 Å². The zero-order valence-electron chi connectivity index (χ0n) is 13.3. The first-order chi connectivity index (χ1) is 11.2. The fourth-order valence-corrected chi connectivity index (χ4v) is 2.55. The van der Waals surface area contributed by atoms with Gasteiger partial charge in [0.25, 0.3) is 0 Å². The van der Waals surface area contributed by atoms with Crippen LogP contribution in [0.1, 0.15) is 19.3 Å². The highest BCUT2D eigenvalue weighted by molar-refractivity contribution is 9.10. The molecule has 23 heavy (non-hydrogen) atoms. The van der Waals surface area contributed by atoms with Gasteiger partial charge in [-0.1, -0.05) is 15.9 Å². The van der Waals surface area contributed by atoms with Gasteiger partial charge in [-0.3, -0.25) is 9.79 Å². The average molecular weight is 383 g/mol. The Labute approximate surface area is 145 Å². The van der Waals surface area contributed by atoms with Crippen LogP contribution in [0.3, 0.4) is 0 Å². The molecule has 1 aromatic rings. The van der Waals surface area contributed by atoms with E-state index in [1.807, 2.05) is 24.3 Å². The lowest BCUT2D eigenvalue weighted by atomic mass is 10.2. The van der Waals surface area contributed by atoms with Gasteiger partial charge < -0.3 is 20.7 Å². The summed E-state index contributed by atoms with van der Waals surface area (Å²) >= 11 is 3.36. The highest BCUT2D eigenvalue weighted by atomic mass is 79.9. The molecule has 1 aliphatic heterocycles. The highest BCUT2D eigenvalue weighted by Crippen LogP contribution is 2.14. The Morgan fingerprint density at radius 3 is 2.78 bits per heavy atom. The number of anilines is 1. The molecule has 0 radical (unpaired) electrons. The first-order valence-electron chi connectivity index (χ1n) is 7.79. The third-order valence-corrected chi connectivity index (χ3v) is 4.05. The van der Waals surface area contributed by atoms with Crippen LogP contribution in [0.4, 0.5) is 5.69 Å². The highest BCUT2D eigenvalue weighted by Gasteiger charge is 2.15. The van der Waals surface area contributed by atoms with Gasteiger partial charge in [0, 0.05) is 43.3 Å². The van der Waals surface area contributed by atoms with Gasteiger partial charge in [0.05, 0.1) is 6.10 Å². The van der Waals surface area contributed by atoms with Crippen LogP contribution in [0.2, 0.25) is 0 Å². The molecule has 1 heterocycles. The number of benzene rings is 1. The number of nitrogens with zero attached hydrogens (tertiary/aromatic N) is 1. The maximum absolute atomic E-state index is 11.9. The van der Waals surface area contributed by atoms with Crippen molar-refractivity contribution in [1.82, 2.24) is 10.6 Å². The first-order valence-corrected chi connectivity index (χ1v) is 8.58. The summed E-state index contributed by atoms with van der Waals surface area (Å²) in [7, 11) is 1.72. The Morgan fingerprint density at radius 2 is 2.13 bits per heavy atom. The molecule has 1 saturated heterocycles. The largest absolute Gasteiger partial charge is 0.376 e. The number of hydrogen-bond donors (Lipinski definition) is 3. The normalized spacial score (nSPS) is 17.8. The van der Waals surface area contributed by atoms with Gasteiger partial charge >= 0.3 is 0 Å². The molecule has 2 rings (SSSR count). The van der Waals surface area contributed by atoms with E-state index in [-0.39, 0.29) is 12.0 Å². The molecule has 1 amide bonds. The molecule has 1 aliphatic rings. The van der Waals surface area contributed by atoms with E-state index in [0.29, 0.717) is 18.9 Å². The van der Waals surface area contributed by atoms with Gasteiger partial charge in [-0.25, -0.2) is 0 Å². The smallest absolute Gasteiger partial charge is 0.226 e. The molecule has 1 unspecified atom stereocenters. The third kappa shape index (κ3) is 6.58. The number of hydrogen-bond acceptors (Lipinski definition) is 3. The summed E-state index contributed by atoms with van der Waals surface area (Å²) in [6, 6.07) is 7.50. The second-order valence-electron chi connectivity index (χ2n) is 5.32. The summed E-state index contributed by atoms with van der Waals surface area (Å²) < 4.78 is 6.54. The molecule has 1 fully saturated rings. The lowest BCUT2D eigenvalue weighted by Crippen LogP contribution is -2.41. The maximum atomic E-state index is 11.9. The monoisotopic (exact) mass is 382 g/mol. The Bertz CT molecular complexity index is 527. The van der Waals surface area contributed by atoms with Gasteiger partial charge in [-0.05, 0) is 37.1 Å². The summed E-state index contributed by atoms with van der Waals surface area (Å²) in [6.07, 6.45) is 2.83. The quantitative estimate of drug-likeness (QED) is 0.520. The van der Waals surface area contributed by atoms with Crippen molar-refractivity contribution < 1.29 is 9.53 Å². The predicted octanol–water partition coefficient (Wildman–Crippen LogP) is 2.12. The van der Waals surface area contributed by atoms with Crippen LogP contribution in [0.15, 0.2) is 33.7 Å². The molecule has 1 atom stereocenters. The molecule has 0 spiro atoms. The average Bonchev–Trinajstić information content (AvgIpc) is 3.06. The zero-order chi connectivity index (χ0) is 16.5. The van der Waals surface area contributed by atoms with Crippen LogP contribution in [-0.4, -0.2) is 44.7 Å². The van der Waals surface area contributed by atoms with E-state index < -0.39 is 0 Å². The molecule has 0 aliphatic carbocycles. The fourth-order valence-electron chi connectivity index (χ4n) is 2.29. The summed E-state index contributed by atoms with van der Waals surface area (Å²) in [5, 5.41) is 9.21. The van der Waals surface area contributed by atoms with Gasteiger partial charge in [-0.2, -0.15) is 0 Å². The summed E-state index contributed by atoms with van der Waals surface area (Å²) in [6.45, 7) is 2.10. The standard InChI is InChI=1S/C16H23BrN4O2/c1-18-16(20-11-14-3-2-10-23-14)19-9-8-15(22)21-13-6-4-12(17)5-7-13/h4-7,14H,2-3,8-11H2,1H3,(H,21,22)(H2,18,19,20). The Hall–Kier alpha value is -1.60. The molecular weight excluding hydrogens is 360 g/mol. The van der Waals surface area contributed by atoms with Crippen LogP contribution in [0.5, 0.6) is 0 Å². The van der Waals surface area contributed by atoms with Crippen molar-refractivity contribution in [3.8, 4) is 0 Å². The molecule has 6 nitrogen and oxygen atoms in total. The Morgan fingerprint density at radius 1 is 1.35 bits per heavy atom. The summed E-state index contributed by atoms with van der Waals surface area (Å²) in [5.41, 5.74) is 0.791. The van der Waals surface area contributed by atoms with Crippen molar-refractivity contribution in [3.63, 3.8) is 0 Å². The van der Waals surface area contributed by atoms with Crippen LogP contribution in [-0.2, 0) is 9.53 Å². The minimum Gasteiger partial charge on any atom is -0.376 e. The van der Waals surface area contributed by atoms with Crippen molar-refractivity contribution in [1.29, 1.82) is 0 Å². The van der Waals surface area contributed by atoms with E-state index in [0.717, 1.165) is 36.2 Å².